The van der Waals surface area contributed by atoms with Crippen molar-refractivity contribution in [2.24, 2.45) is 5.92 Å². The topological polar surface area (TPSA) is 39.3 Å². The average molecular weight is 295 g/mol. The SMILES string of the molecule is CC(C)C1CN(C2=CNC3C=CC(Cl)=CC3N2)CCN1. The normalized spacial score (nSPS) is 33.0. The van der Waals surface area contributed by atoms with Gasteiger partial charge < -0.3 is 20.9 Å². The summed E-state index contributed by atoms with van der Waals surface area (Å²) in [6.07, 6.45) is 8.24. The number of nitrogens with zero attached hydrogens (tertiary/aromatic N) is 1. The van der Waals surface area contributed by atoms with Gasteiger partial charge in [-0.3, -0.25) is 0 Å². The molecule has 0 amide bonds. The summed E-state index contributed by atoms with van der Waals surface area (Å²) < 4.78 is 0. The molecule has 0 spiro atoms. The van der Waals surface area contributed by atoms with Crippen LogP contribution in [0.15, 0.2) is 35.3 Å². The standard InChI is InChI=1S/C15H23ClN4/c1-10(2)14-9-20(6-5-17-14)15-8-18-12-4-3-11(16)7-13(12)19-15/h3-4,7-8,10,12-14,17-19H,5-6,9H2,1-2H3. The summed E-state index contributed by atoms with van der Waals surface area (Å²) in [4.78, 5) is 2.42. The molecule has 0 aromatic carbocycles. The van der Waals surface area contributed by atoms with Crippen LogP contribution in [-0.4, -0.2) is 42.7 Å². The molecule has 0 saturated carbocycles. The molecule has 3 atom stereocenters. The van der Waals surface area contributed by atoms with Crippen LogP contribution in [0.2, 0.25) is 0 Å². The first kappa shape index (κ1) is 13.8. The van der Waals surface area contributed by atoms with E-state index in [2.05, 4.69) is 53.0 Å². The Morgan fingerprint density at radius 1 is 1.35 bits per heavy atom. The summed E-state index contributed by atoms with van der Waals surface area (Å²) in [6.45, 7) is 7.66. The van der Waals surface area contributed by atoms with Gasteiger partial charge in [-0.2, -0.15) is 0 Å². The van der Waals surface area contributed by atoms with Crippen LogP contribution in [0.1, 0.15) is 13.8 Å². The van der Waals surface area contributed by atoms with Crippen LogP contribution >= 0.6 is 11.6 Å². The number of rotatable bonds is 2. The van der Waals surface area contributed by atoms with Crippen molar-refractivity contribution in [2.45, 2.75) is 32.0 Å². The Morgan fingerprint density at radius 3 is 3.00 bits per heavy atom. The zero-order valence-corrected chi connectivity index (χ0v) is 12.8. The van der Waals surface area contributed by atoms with Gasteiger partial charge in [0.15, 0.2) is 0 Å². The number of fused-ring (bicyclic) bond motifs is 1. The molecule has 3 unspecified atom stereocenters. The molecule has 1 aliphatic carbocycles. The number of nitrogens with one attached hydrogen (secondary N) is 3. The summed E-state index contributed by atoms with van der Waals surface area (Å²) in [5.74, 6) is 1.82. The molecule has 2 aliphatic heterocycles. The summed E-state index contributed by atoms with van der Waals surface area (Å²) in [5, 5.41) is 11.5. The highest BCUT2D eigenvalue weighted by Gasteiger charge is 2.29. The van der Waals surface area contributed by atoms with Gasteiger partial charge in [0.1, 0.15) is 5.82 Å². The van der Waals surface area contributed by atoms with E-state index in [-0.39, 0.29) is 6.04 Å². The zero-order chi connectivity index (χ0) is 14.1. The third-order valence-corrected chi connectivity index (χ3v) is 4.52. The maximum Gasteiger partial charge on any atom is 0.118 e. The minimum absolute atomic E-state index is 0.236. The summed E-state index contributed by atoms with van der Waals surface area (Å²) in [5.41, 5.74) is 0. The average Bonchev–Trinajstić information content (AvgIpc) is 2.46. The molecular formula is C15H23ClN4. The predicted molar refractivity (Wildman–Crippen MR) is 83.2 cm³/mol. The largest absolute Gasteiger partial charge is 0.379 e. The van der Waals surface area contributed by atoms with Crippen LogP contribution in [0.3, 0.4) is 0 Å². The van der Waals surface area contributed by atoms with Crippen molar-refractivity contribution in [1.29, 1.82) is 0 Å². The third-order valence-electron chi connectivity index (χ3n) is 4.27. The predicted octanol–water partition coefficient (Wildman–Crippen LogP) is 1.34. The van der Waals surface area contributed by atoms with Crippen LogP contribution in [0, 0.1) is 5.92 Å². The smallest absolute Gasteiger partial charge is 0.118 e. The van der Waals surface area contributed by atoms with E-state index >= 15 is 0 Å². The molecule has 1 fully saturated rings. The van der Waals surface area contributed by atoms with Crippen molar-refractivity contribution < 1.29 is 0 Å². The lowest BCUT2D eigenvalue weighted by Crippen LogP contribution is -2.58. The summed E-state index contributed by atoms with van der Waals surface area (Å²) in [7, 11) is 0. The summed E-state index contributed by atoms with van der Waals surface area (Å²) in [6, 6.07) is 1.08. The van der Waals surface area contributed by atoms with E-state index in [1.165, 1.54) is 5.82 Å². The molecule has 3 rings (SSSR count). The van der Waals surface area contributed by atoms with E-state index in [1.807, 2.05) is 6.08 Å². The van der Waals surface area contributed by atoms with Crippen LogP contribution in [0.25, 0.3) is 0 Å². The van der Waals surface area contributed by atoms with Gasteiger partial charge in [-0.25, -0.2) is 0 Å². The molecule has 4 nitrogen and oxygen atoms in total. The van der Waals surface area contributed by atoms with E-state index in [1.54, 1.807) is 0 Å². The lowest BCUT2D eigenvalue weighted by molar-refractivity contribution is 0.194. The number of allylic oxidation sites excluding steroid dienone is 2. The Morgan fingerprint density at radius 2 is 2.20 bits per heavy atom. The van der Waals surface area contributed by atoms with E-state index in [4.69, 9.17) is 11.6 Å². The molecule has 2 heterocycles. The molecule has 5 heteroatoms. The van der Waals surface area contributed by atoms with Gasteiger partial charge in [0.2, 0.25) is 0 Å². The first-order valence-corrected chi connectivity index (χ1v) is 7.78. The highest BCUT2D eigenvalue weighted by atomic mass is 35.5. The van der Waals surface area contributed by atoms with E-state index in [0.29, 0.717) is 18.0 Å². The fourth-order valence-corrected chi connectivity index (χ4v) is 3.16. The van der Waals surface area contributed by atoms with Gasteiger partial charge >= 0.3 is 0 Å². The monoisotopic (exact) mass is 294 g/mol. The van der Waals surface area contributed by atoms with Crippen molar-refractivity contribution in [3.05, 3.63) is 35.3 Å². The molecule has 3 aliphatic rings. The Bertz CT molecular complexity index is 455. The Balaban J connectivity index is 1.69. The lowest BCUT2D eigenvalue weighted by atomic mass is 10.00. The van der Waals surface area contributed by atoms with Gasteiger partial charge in [0, 0.05) is 36.9 Å². The highest BCUT2D eigenvalue weighted by molar-refractivity contribution is 6.31. The van der Waals surface area contributed by atoms with Crippen molar-refractivity contribution in [1.82, 2.24) is 20.9 Å². The van der Waals surface area contributed by atoms with Crippen LogP contribution in [-0.2, 0) is 0 Å². The quantitative estimate of drug-likeness (QED) is 0.719. The van der Waals surface area contributed by atoms with Crippen molar-refractivity contribution in [3.8, 4) is 0 Å². The maximum absolute atomic E-state index is 6.10. The maximum atomic E-state index is 6.10. The first-order valence-electron chi connectivity index (χ1n) is 7.40. The van der Waals surface area contributed by atoms with E-state index < -0.39 is 0 Å². The Hall–Kier alpha value is -1.13. The van der Waals surface area contributed by atoms with Crippen molar-refractivity contribution in [2.75, 3.05) is 19.6 Å². The summed E-state index contributed by atoms with van der Waals surface area (Å²) >= 11 is 6.10. The second kappa shape index (κ2) is 5.70. The number of hydrogen-bond acceptors (Lipinski definition) is 4. The molecule has 0 bridgehead atoms. The van der Waals surface area contributed by atoms with Gasteiger partial charge in [-0.1, -0.05) is 31.5 Å². The Labute approximate surface area is 125 Å². The number of halogens is 1. The van der Waals surface area contributed by atoms with Gasteiger partial charge in [0.25, 0.3) is 0 Å². The van der Waals surface area contributed by atoms with Gasteiger partial charge in [-0.05, 0) is 18.1 Å². The molecule has 1 saturated heterocycles. The van der Waals surface area contributed by atoms with Crippen LogP contribution < -0.4 is 16.0 Å². The highest BCUT2D eigenvalue weighted by Crippen LogP contribution is 2.20. The van der Waals surface area contributed by atoms with E-state index in [0.717, 1.165) is 24.7 Å². The van der Waals surface area contributed by atoms with Crippen LogP contribution in [0.5, 0.6) is 0 Å². The molecular weight excluding hydrogens is 272 g/mol. The molecule has 0 aromatic heterocycles. The fourth-order valence-electron chi connectivity index (χ4n) is 2.95. The van der Waals surface area contributed by atoms with Crippen molar-refractivity contribution in [3.63, 3.8) is 0 Å². The molecule has 3 N–H and O–H groups in total. The molecule has 0 aromatic rings. The first-order chi connectivity index (χ1) is 9.63. The Kier molecular flexibility index (Phi) is 3.94. The number of hydrogen-bond donors (Lipinski definition) is 3. The minimum Gasteiger partial charge on any atom is -0.379 e. The lowest BCUT2D eigenvalue weighted by Gasteiger charge is -2.42. The molecule has 0 radical (unpaired) electrons. The zero-order valence-electron chi connectivity index (χ0n) is 12.1. The minimum atomic E-state index is 0.236. The second-order valence-corrected chi connectivity index (χ2v) is 6.49. The number of piperazine rings is 1. The third kappa shape index (κ3) is 2.81. The van der Waals surface area contributed by atoms with Crippen molar-refractivity contribution >= 4 is 11.6 Å². The van der Waals surface area contributed by atoms with Crippen LogP contribution in [0.4, 0.5) is 0 Å². The molecule has 110 valence electrons. The van der Waals surface area contributed by atoms with Gasteiger partial charge in [0.05, 0.1) is 12.1 Å². The molecule has 20 heavy (non-hydrogen) atoms. The second-order valence-electron chi connectivity index (χ2n) is 6.05. The van der Waals surface area contributed by atoms with Gasteiger partial charge in [-0.15, -0.1) is 0 Å². The van der Waals surface area contributed by atoms with E-state index in [9.17, 15) is 0 Å². The fraction of sp³-hybridized carbons (Fsp3) is 0.600.